The number of para-hydroxylation sites is 1. The molecule has 1 saturated heterocycles. The van der Waals surface area contributed by atoms with Crippen molar-refractivity contribution in [3.05, 3.63) is 46.7 Å². The van der Waals surface area contributed by atoms with Crippen LogP contribution in [0.25, 0.3) is 11.0 Å². The fourth-order valence-electron chi connectivity index (χ4n) is 3.67. The SMILES string of the molecule is CC1CCN(C(CNC(=O)Cn2nnc3ccccc32)c2cccs2)CC1. The van der Waals surface area contributed by atoms with E-state index in [1.54, 1.807) is 16.0 Å². The smallest absolute Gasteiger partial charge is 0.241 e. The molecule has 4 rings (SSSR count). The third kappa shape index (κ3) is 4.20. The maximum Gasteiger partial charge on any atom is 0.241 e. The molecule has 142 valence electrons. The van der Waals surface area contributed by atoms with Gasteiger partial charge in [0, 0.05) is 11.4 Å². The Balaban J connectivity index is 1.40. The zero-order valence-electron chi connectivity index (χ0n) is 15.5. The minimum Gasteiger partial charge on any atom is -0.353 e. The average Bonchev–Trinajstić information content (AvgIpc) is 3.34. The quantitative estimate of drug-likeness (QED) is 0.711. The van der Waals surface area contributed by atoms with E-state index in [0.29, 0.717) is 6.54 Å². The molecule has 3 heterocycles. The van der Waals surface area contributed by atoms with Gasteiger partial charge in [-0.3, -0.25) is 9.69 Å². The van der Waals surface area contributed by atoms with Crippen molar-refractivity contribution in [2.75, 3.05) is 19.6 Å². The van der Waals surface area contributed by atoms with Gasteiger partial charge < -0.3 is 5.32 Å². The molecule has 0 spiro atoms. The first-order chi connectivity index (χ1) is 13.2. The highest BCUT2D eigenvalue weighted by atomic mass is 32.1. The monoisotopic (exact) mass is 383 g/mol. The molecule has 1 fully saturated rings. The van der Waals surface area contributed by atoms with Gasteiger partial charge in [0.2, 0.25) is 5.91 Å². The molecule has 1 aromatic carbocycles. The van der Waals surface area contributed by atoms with Crippen LogP contribution in [-0.2, 0) is 11.3 Å². The van der Waals surface area contributed by atoms with Crippen LogP contribution in [-0.4, -0.2) is 45.4 Å². The number of nitrogens with zero attached hydrogens (tertiary/aromatic N) is 4. The number of amides is 1. The Morgan fingerprint density at radius 1 is 1.26 bits per heavy atom. The summed E-state index contributed by atoms with van der Waals surface area (Å²) in [7, 11) is 0. The molecule has 0 aliphatic carbocycles. The number of thiophene rings is 1. The minimum absolute atomic E-state index is 0.0300. The molecule has 1 atom stereocenters. The summed E-state index contributed by atoms with van der Waals surface area (Å²) >= 11 is 1.76. The van der Waals surface area contributed by atoms with E-state index < -0.39 is 0 Å². The van der Waals surface area contributed by atoms with Crippen LogP contribution in [0.5, 0.6) is 0 Å². The largest absolute Gasteiger partial charge is 0.353 e. The van der Waals surface area contributed by atoms with Gasteiger partial charge in [-0.1, -0.05) is 30.3 Å². The summed E-state index contributed by atoms with van der Waals surface area (Å²) < 4.78 is 1.66. The Morgan fingerprint density at radius 2 is 2.07 bits per heavy atom. The van der Waals surface area contributed by atoms with Gasteiger partial charge in [-0.05, 0) is 55.4 Å². The summed E-state index contributed by atoms with van der Waals surface area (Å²) in [6.07, 6.45) is 2.45. The van der Waals surface area contributed by atoms with Gasteiger partial charge in [-0.25, -0.2) is 4.68 Å². The van der Waals surface area contributed by atoms with Gasteiger partial charge >= 0.3 is 0 Å². The Labute approximate surface area is 163 Å². The van der Waals surface area contributed by atoms with Gasteiger partial charge in [0.15, 0.2) is 0 Å². The van der Waals surface area contributed by atoms with E-state index in [4.69, 9.17) is 0 Å². The highest BCUT2D eigenvalue weighted by Crippen LogP contribution is 2.29. The lowest BCUT2D eigenvalue weighted by molar-refractivity contribution is -0.122. The molecule has 0 saturated carbocycles. The standard InChI is InChI=1S/C20H25N5OS/c1-15-8-10-24(11-9-15)18(19-7-4-12-27-19)13-21-20(26)14-25-17-6-3-2-5-16(17)22-23-25/h2-7,12,15,18H,8-11,13-14H2,1H3,(H,21,26). The van der Waals surface area contributed by atoms with E-state index in [1.807, 2.05) is 24.3 Å². The van der Waals surface area contributed by atoms with Crippen LogP contribution < -0.4 is 5.32 Å². The van der Waals surface area contributed by atoms with Crippen molar-refractivity contribution in [3.63, 3.8) is 0 Å². The van der Waals surface area contributed by atoms with E-state index in [2.05, 4.69) is 45.0 Å². The van der Waals surface area contributed by atoms with Crippen molar-refractivity contribution in [2.45, 2.75) is 32.4 Å². The number of hydrogen-bond acceptors (Lipinski definition) is 5. The Morgan fingerprint density at radius 3 is 2.85 bits per heavy atom. The molecule has 27 heavy (non-hydrogen) atoms. The molecule has 2 aromatic heterocycles. The highest BCUT2D eigenvalue weighted by Gasteiger charge is 2.25. The molecule has 7 heteroatoms. The molecule has 1 unspecified atom stereocenters. The zero-order valence-corrected chi connectivity index (χ0v) is 16.4. The number of hydrogen-bond donors (Lipinski definition) is 1. The molecule has 6 nitrogen and oxygen atoms in total. The molecule has 1 aliphatic rings. The van der Waals surface area contributed by atoms with Gasteiger partial charge in [0.1, 0.15) is 12.1 Å². The first kappa shape index (κ1) is 18.1. The summed E-state index contributed by atoms with van der Waals surface area (Å²) in [4.78, 5) is 16.4. The molecule has 1 aliphatic heterocycles. The number of aromatic nitrogens is 3. The van der Waals surface area contributed by atoms with Crippen LogP contribution in [0.2, 0.25) is 0 Å². The van der Waals surface area contributed by atoms with Gasteiger partial charge in [0.05, 0.1) is 11.6 Å². The number of fused-ring (bicyclic) bond motifs is 1. The number of carbonyl (C=O) groups excluding carboxylic acids is 1. The highest BCUT2D eigenvalue weighted by molar-refractivity contribution is 7.10. The van der Waals surface area contributed by atoms with Crippen LogP contribution in [0, 0.1) is 5.92 Å². The summed E-state index contributed by atoms with van der Waals surface area (Å²) in [5.74, 6) is 0.762. The van der Waals surface area contributed by atoms with E-state index in [1.165, 1.54) is 17.7 Å². The second kappa shape index (κ2) is 8.19. The second-order valence-electron chi connectivity index (χ2n) is 7.29. The lowest BCUT2D eigenvalue weighted by Crippen LogP contribution is -2.42. The number of likely N-dealkylation sites (tertiary alicyclic amines) is 1. The first-order valence-electron chi connectivity index (χ1n) is 9.53. The number of benzene rings is 1. The summed E-state index contributed by atoms with van der Waals surface area (Å²) in [6, 6.07) is 12.2. The maximum absolute atomic E-state index is 12.5. The van der Waals surface area contributed by atoms with Crippen LogP contribution in [0.1, 0.15) is 30.7 Å². The molecule has 0 radical (unpaired) electrons. The predicted octanol–water partition coefficient (Wildman–Crippen LogP) is 3.08. The van der Waals surface area contributed by atoms with E-state index in [0.717, 1.165) is 30.0 Å². The van der Waals surface area contributed by atoms with E-state index >= 15 is 0 Å². The zero-order chi connectivity index (χ0) is 18.6. The van der Waals surface area contributed by atoms with Crippen molar-refractivity contribution in [1.82, 2.24) is 25.2 Å². The predicted molar refractivity (Wildman–Crippen MR) is 108 cm³/mol. The Hall–Kier alpha value is -2.25. The van der Waals surface area contributed by atoms with Crippen molar-refractivity contribution in [1.29, 1.82) is 0 Å². The summed E-state index contributed by atoms with van der Waals surface area (Å²) in [6.45, 7) is 5.32. The summed E-state index contributed by atoms with van der Waals surface area (Å²) in [5.41, 5.74) is 1.69. The van der Waals surface area contributed by atoms with E-state index in [9.17, 15) is 4.79 Å². The number of carbonyl (C=O) groups is 1. The second-order valence-corrected chi connectivity index (χ2v) is 8.27. The van der Waals surface area contributed by atoms with Gasteiger partial charge in [-0.15, -0.1) is 16.4 Å². The van der Waals surface area contributed by atoms with Crippen LogP contribution in [0.15, 0.2) is 41.8 Å². The van der Waals surface area contributed by atoms with Crippen LogP contribution >= 0.6 is 11.3 Å². The third-order valence-corrected chi connectivity index (χ3v) is 6.31. The normalized spacial score (nSPS) is 17.2. The Kier molecular flexibility index (Phi) is 5.50. The lowest BCUT2D eigenvalue weighted by atomic mass is 9.97. The first-order valence-corrected chi connectivity index (χ1v) is 10.4. The minimum atomic E-state index is -0.0300. The van der Waals surface area contributed by atoms with Gasteiger partial charge in [-0.2, -0.15) is 0 Å². The summed E-state index contributed by atoms with van der Waals surface area (Å²) in [5, 5.41) is 13.5. The van der Waals surface area contributed by atoms with Crippen molar-refractivity contribution < 1.29 is 4.79 Å². The Bertz CT molecular complexity index is 883. The molecule has 3 aromatic rings. The van der Waals surface area contributed by atoms with Crippen LogP contribution in [0.3, 0.4) is 0 Å². The molecule has 1 N–H and O–H groups in total. The topological polar surface area (TPSA) is 63.1 Å². The molecule has 0 bridgehead atoms. The van der Waals surface area contributed by atoms with Crippen LogP contribution in [0.4, 0.5) is 0 Å². The fraction of sp³-hybridized carbons (Fsp3) is 0.450. The molecular formula is C20H25N5OS. The molecular weight excluding hydrogens is 358 g/mol. The fourth-order valence-corrected chi connectivity index (χ4v) is 4.53. The average molecular weight is 384 g/mol. The number of rotatable bonds is 6. The van der Waals surface area contributed by atoms with Crippen molar-refractivity contribution in [3.8, 4) is 0 Å². The van der Waals surface area contributed by atoms with Crippen molar-refractivity contribution in [2.24, 2.45) is 5.92 Å². The third-order valence-electron chi connectivity index (χ3n) is 5.34. The van der Waals surface area contributed by atoms with Gasteiger partial charge in [0.25, 0.3) is 0 Å². The number of nitrogens with one attached hydrogen (secondary N) is 1. The number of piperidine rings is 1. The van der Waals surface area contributed by atoms with Crippen molar-refractivity contribution >= 4 is 28.3 Å². The maximum atomic E-state index is 12.5. The molecule has 1 amide bonds. The van der Waals surface area contributed by atoms with E-state index in [-0.39, 0.29) is 18.5 Å². The lowest BCUT2D eigenvalue weighted by Gasteiger charge is -2.36.